The van der Waals surface area contributed by atoms with E-state index in [1.165, 1.54) is 0 Å². The Balaban J connectivity index is 1.94. The van der Waals surface area contributed by atoms with Gasteiger partial charge < -0.3 is 19.7 Å². The van der Waals surface area contributed by atoms with Gasteiger partial charge in [0.15, 0.2) is 5.82 Å². The van der Waals surface area contributed by atoms with E-state index in [2.05, 4.69) is 15.5 Å². The van der Waals surface area contributed by atoms with Gasteiger partial charge in [-0.25, -0.2) is 0 Å². The normalized spacial score (nSPS) is 16.9. The van der Waals surface area contributed by atoms with Crippen LogP contribution in [0.2, 0.25) is 0 Å². The quantitative estimate of drug-likeness (QED) is 0.686. The zero-order valence-electron chi connectivity index (χ0n) is 13.4. The van der Waals surface area contributed by atoms with E-state index >= 15 is 0 Å². The van der Waals surface area contributed by atoms with Crippen molar-refractivity contribution < 1.29 is 19.4 Å². The first-order chi connectivity index (χ1) is 11.1. The molecular weight excluding hydrogens is 300 g/mol. The number of rotatable bonds is 8. The third-order valence-corrected chi connectivity index (χ3v) is 4.32. The lowest BCUT2D eigenvalue weighted by Gasteiger charge is -2.26. The highest BCUT2D eigenvalue weighted by molar-refractivity contribution is 5.97. The van der Waals surface area contributed by atoms with Gasteiger partial charge >= 0.3 is 5.97 Å². The molecule has 0 saturated heterocycles. The summed E-state index contributed by atoms with van der Waals surface area (Å²) >= 11 is 0. The van der Waals surface area contributed by atoms with E-state index in [0.29, 0.717) is 19.0 Å². The van der Waals surface area contributed by atoms with Crippen LogP contribution in [0.3, 0.4) is 0 Å². The summed E-state index contributed by atoms with van der Waals surface area (Å²) in [6.07, 6.45) is 6.27. The first-order valence-electron chi connectivity index (χ1n) is 7.99. The van der Waals surface area contributed by atoms with Crippen LogP contribution < -0.4 is 5.32 Å². The van der Waals surface area contributed by atoms with Crippen LogP contribution >= 0.6 is 0 Å². The number of carboxylic acids is 1. The molecular formula is C15H24N4O4. The number of aliphatic carboxylic acids is 1. The van der Waals surface area contributed by atoms with E-state index in [0.717, 1.165) is 32.1 Å². The number of nitrogens with zero attached hydrogens (tertiary/aromatic N) is 3. The van der Waals surface area contributed by atoms with Crippen molar-refractivity contribution in [2.24, 2.45) is 11.8 Å². The highest BCUT2D eigenvalue weighted by Crippen LogP contribution is 2.30. The highest BCUT2D eigenvalue weighted by Gasteiger charge is 2.35. The van der Waals surface area contributed by atoms with Gasteiger partial charge in [-0.15, -0.1) is 10.2 Å². The van der Waals surface area contributed by atoms with Crippen LogP contribution in [0.5, 0.6) is 0 Å². The lowest BCUT2D eigenvalue weighted by molar-refractivity contribution is -0.150. The topological polar surface area (TPSA) is 106 Å². The van der Waals surface area contributed by atoms with Crippen molar-refractivity contribution >= 4 is 11.9 Å². The maximum atomic E-state index is 12.3. The lowest BCUT2D eigenvalue weighted by Crippen LogP contribution is -2.40. The molecule has 1 saturated carbocycles. The minimum Gasteiger partial charge on any atom is -0.481 e. The molecule has 1 fully saturated rings. The van der Waals surface area contributed by atoms with Crippen LogP contribution in [0.15, 0.2) is 6.33 Å². The summed E-state index contributed by atoms with van der Waals surface area (Å²) in [5.41, 5.74) is 0. The number of carbonyl (C=O) groups excluding carboxylic acids is 1. The lowest BCUT2D eigenvalue weighted by atomic mass is 9.79. The zero-order valence-corrected chi connectivity index (χ0v) is 13.4. The number of ether oxygens (including phenoxy) is 1. The van der Waals surface area contributed by atoms with Crippen molar-refractivity contribution in [2.75, 3.05) is 13.7 Å². The van der Waals surface area contributed by atoms with Gasteiger partial charge in [-0.05, 0) is 18.8 Å². The van der Waals surface area contributed by atoms with E-state index in [1.54, 1.807) is 18.0 Å². The monoisotopic (exact) mass is 324 g/mol. The zero-order chi connectivity index (χ0) is 16.7. The van der Waals surface area contributed by atoms with Crippen LogP contribution in [-0.2, 0) is 27.4 Å². The van der Waals surface area contributed by atoms with Crippen LogP contribution in [0.4, 0.5) is 0 Å². The number of hydrogen-bond acceptors (Lipinski definition) is 5. The summed E-state index contributed by atoms with van der Waals surface area (Å²) < 4.78 is 6.78. The summed E-state index contributed by atoms with van der Waals surface area (Å²) in [6.45, 7) is 1.26. The molecule has 0 aromatic carbocycles. The number of hydrogen-bond donors (Lipinski definition) is 2. The maximum absolute atomic E-state index is 12.3. The van der Waals surface area contributed by atoms with E-state index in [9.17, 15) is 14.7 Å². The molecule has 1 atom stereocenters. The molecule has 0 aliphatic heterocycles. The fourth-order valence-electron chi connectivity index (χ4n) is 3.06. The summed E-state index contributed by atoms with van der Waals surface area (Å²) in [6, 6.07) is 0. The molecule has 23 heavy (non-hydrogen) atoms. The fraction of sp³-hybridized carbons (Fsp3) is 0.733. The van der Waals surface area contributed by atoms with E-state index in [4.69, 9.17) is 4.74 Å². The van der Waals surface area contributed by atoms with E-state index in [1.807, 2.05) is 0 Å². The molecule has 8 heteroatoms. The third kappa shape index (κ3) is 4.75. The molecule has 2 N–H and O–H groups in total. The fourth-order valence-corrected chi connectivity index (χ4v) is 3.06. The molecule has 1 aliphatic rings. The number of nitrogens with one attached hydrogen (secondary N) is 1. The molecule has 2 rings (SSSR count). The second-order valence-electron chi connectivity index (χ2n) is 5.87. The number of aromatic nitrogens is 3. The second-order valence-corrected chi connectivity index (χ2v) is 5.87. The van der Waals surface area contributed by atoms with Gasteiger partial charge in [0.25, 0.3) is 0 Å². The van der Waals surface area contributed by atoms with E-state index in [-0.39, 0.29) is 12.5 Å². The third-order valence-electron chi connectivity index (χ3n) is 4.32. The Morgan fingerprint density at radius 1 is 1.43 bits per heavy atom. The van der Waals surface area contributed by atoms with Gasteiger partial charge in [-0.1, -0.05) is 19.3 Å². The van der Waals surface area contributed by atoms with E-state index < -0.39 is 17.8 Å². The predicted molar refractivity (Wildman–Crippen MR) is 81.4 cm³/mol. The number of amides is 1. The maximum Gasteiger partial charge on any atom is 0.316 e. The van der Waals surface area contributed by atoms with Crippen molar-refractivity contribution in [2.45, 2.75) is 45.2 Å². The molecule has 8 nitrogen and oxygen atoms in total. The molecule has 1 aliphatic carbocycles. The van der Waals surface area contributed by atoms with Crippen molar-refractivity contribution in [3.05, 3.63) is 12.2 Å². The minimum atomic E-state index is -1.05. The van der Waals surface area contributed by atoms with Crippen LogP contribution in [-0.4, -0.2) is 45.5 Å². The Morgan fingerprint density at radius 3 is 2.83 bits per heavy atom. The second kappa shape index (κ2) is 8.61. The summed E-state index contributed by atoms with van der Waals surface area (Å²) in [4.78, 5) is 23.8. The molecule has 0 bridgehead atoms. The molecule has 128 valence electrons. The van der Waals surface area contributed by atoms with Gasteiger partial charge in [0.05, 0.1) is 13.2 Å². The van der Waals surface area contributed by atoms with Gasteiger partial charge in [-0.3, -0.25) is 9.59 Å². The summed E-state index contributed by atoms with van der Waals surface area (Å²) in [5.74, 6) is -1.96. The Kier molecular flexibility index (Phi) is 6.52. The van der Waals surface area contributed by atoms with Gasteiger partial charge in [0, 0.05) is 13.7 Å². The van der Waals surface area contributed by atoms with Crippen molar-refractivity contribution in [1.82, 2.24) is 20.1 Å². The Bertz CT molecular complexity index is 525. The number of carboxylic acid groups (broad SMARTS) is 1. The smallest absolute Gasteiger partial charge is 0.316 e. The highest BCUT2D eigenvalue weighted by atomic mass is 16.5. The average Bonchev–Trinajstić information content (AvgIpc) is 2.99. The number of carbonyl (C=O) groups is 2. The van der Waals surface area contributed by atoms with Gasteiger partial charge in [-0.2, -0.15) is 0 Å². The van der Waals surface area contributed by atoms with Gasteiger partial charge in [0.2, 0.25) is 5.91 Å². The predicted octanol–water partition coefficient (Wildman–Crippen LogP) is 0.822. The first-order valence-corrected chi connectivity index (χ1v) is 7.99. The van der Waals surface area contributed by atoms with Crippen LogP contribution in [0, 0.1) is 11.8 Å². The Labute approximate surface area is 135 Å². The van der Waals surface area contributed by atoms with Crippen molar-refractivity contribution in [3.8, 4) is 0 Å². The largest absolute Gasteiger partial charge is 0.481 e. The molecule has 1 aromatic heterocycles. The molecule has 1 heterocycles. The van der Waals surface area contributed by atoms with Crippen molar-refractivity contribution in [3.63, 3.8) is 0 Å². The first kappa shape index (κ1) is 17.4. The van der Waals surface area contributed by atoms with Crippen LogP contribution in [0.25, 0.3) is 0 Å². The Hall–Kier alpha value is -1.96. The molecule has 1 amide bonds. The SMILES string of the molecule is COCCn1cnnc1CNC(=O)[C@H](C(=O)O)C1CCCCC1. The molecule has 1 aromatic rings. The number of methoxy groups -OCH3 is 1. The molecule has 0 spiro atoms. The summed E-state index contributed by atoms with van der Waals surface area (Å²) in [5, 5.41) is 19.9. The minimum absolute atomic E-state index is 0.0763. The average molecular weight is 324 g/mol. The standard InChI is InChI=1S/C15H24N4O4/c1-23-8-7-19-10-17-18-12(19)9-16-14(20)13(15(21)22)11-5-3-2-4-6-11/h10-11,13H,2-9H2,1H3,(H,16,20)(H,21,22)/t13-/m1/s1. The van der Waals surface area contributed by atoms with Gasteiger partial charge in [0.1, 0.15) is 12.2 Å². The molecule has 0 radical (unpaired) electrons. The molecule has 0 unspecified atom stereocenters. The Morgan fingerprint density at radius 2 is 2.17 bits per heavy atom. The summed E-state index contributed by atoms with van der Waals surface area (Å²) in [7, 11) is 1.60. The van der Waals surface area contributed by atoms with Crippen molar-refractivity contribution in [1.29, 1.82) is 0 Å². The van der Waals surface area contributed by atoms with Crippen LogP contribution in [0.1, 0.15) is 37.9 Å².